The molecule has 0 saturated carbocycles. The lowest BCUT2D eigenvalue weighted by Crippen LogP contribution is -2.43. The zero-order valence-electron chi connectivity index (χ0n) is 18.8. The Morgan fingerprint density at radius 1 is 1.15 bits per heavy atom. The third-order valence-corrected chi connectivity index (χ3v) is 6.23. The van der Waals surface area contributed by atoms with E-state index in [1.807, 2.05) is 54.3 Å². The van der Waals surface area contributed by atoms with Gasteiger partial charge < -0.3 is 14.2 Å². The summed E-state index contributed by atoms with van der Waals surface area (Å²) in [6, 6.07) is 13.0. The van der Waals surface area contributed by atoms with E-state index in [-0.39, 0.29) is 17.6 Å². The molecule has 5 rings (SSSR count). The van der Waals surface area contributed by atoms with Crippen LogP contribution in [0.15, 0.2) is 59.7 Å². The SMILES string of the molecule is CCOC1CCCN(C(=O)c2ccc3ncc(-c4ccc5c(=O)n(C)ccc5c4)nc3c2)C1. The number of likely N-dealkylation sites (tertiary alicyclic amines) is 1. The maximum Gasteiger partial charge on any atom is 0.258 e. The summed E-state index contributed by atoms with van der Waals surface area (Å²) in [5.74, 6) is -0.00458. The van der Waals surface area contributed by atoms with Crippen LogP contribution in [0.1, 0.15) is 30.1 Å². The summed E-state index contributed by atoms with van der Waals surface area (Å²) < 4.78 is 7.31. The number of carbonyl (C=O) groups excluding carboxylic acids is 1. The highest BCUT2D eigenvalue weighted by Gasteiger charge is 2.25. The van der Waals surface area contributed by atoms with Crippen molar-refractivity contribution < 1.29 is 9.53 Å². The Bertz CT molecular complexity index is 1410. The number of fused-ring (bicyclic) bond motifs is 2. The van der Waals surface area contributed by atoms with Crippen molar-refractivity contribution in [1.82, 2.24) is 19.4 Å². The van der Waals surface area contributed by atoms with Crippen LogP contribution in [0.2, 0.25) is 0 Å². The van der Waals surface area contributed by atoms with E-state index in [1.165, 1.54) is 0 Å². The quantitative estimate of drug-likeness (QED) is 0.481. The zero-order valence-corrected chi connectivity index (χ0v) is 18.8. The van der Waals surface area contributed by atoms with Gasteiger partial charge in [0.15, 0.2) is 0 Å². The van der Waals surface area contributed by atoms with Crippen LogP contribution < -0.4 is 5.56 Å². The van der Waals surface area contributed by atoms with Gasteiger partial charge in [0.05, 0.1) is 29.0 Å². The first kappa shape index (κ1) is 21.3. The van der Waals surface area contributed by atoms with Gasteiger partial charge in [-0.15, -0.1) is 0 Å². The molecule has 7 nitrogen and oxygen atoms in total. The molecule has 0 N–H and O–H groups in total. The Kier molecular flexibility index (Phi) is 5.64. The van der Waals surface area contributed by atoms with Crippen molar-refractivity contribution in [2.24, 2.45) is 7.05 Å². The standard InChI is InChI=1S/C26H26N4O3/c1-3-33-20-5-4-11-30(16-20)25(31)19-7-9-22-23(14-19)28-24(15-27-22)18-6-8-21-17(13-18)10-12-29(2)26(21)32/h6-10,12-15,20H,3-5,11,16H2,1-2H3. The van der Waals surface area contributed by atoms with Crippen LogP contribution in [0.5, 0.6) is 0 Å². The monoisotopic (exact) mass is 442 g/mol. The molecule has 1 fully saturated rings. The minimum Gasteiger partial charge on any atom is -0.377 e. The maximum absolute atomic E-state index is 13.1. The molecule has 2 aromatic heterocycles. The molecule has 0 bridgehead atoms. The number of hydrogen-bond acceptors (Lipinski definition) is 5. The van der Waals surface area contributed by atoms with Gasteiger partial charge in [-0.1, -0.05) is 6.07 Å². The Balaban J connectivity index is 1.47. The molecule has 33 heavy (non-hydrogen) atoms. The van der Waals surface area contributed by atoms with Crippen molar-refractivity contribution in [2.75, 3.05) is 19.7 Å². The molecule has 7 heteroatoms. The van der Waals surface area contributed by atoms with Crippen molar-refractivity contribution in [3.05, 3.63) is 70.8 Å². The molecule has 0 spiro atoms. The first-order valence-corrected chi connectivity index (χ1v) is 11.3. The van der Waals surface area contributed by atoms with Crippen molar-refractivity contribution >= 4 is 27.7 Å². The molecule has 2 aromatic carbocycles. The number of rotatable bonds is 4. The summed E-state index contributed by atoms with van der Waals surface area (Å²) in [6.07, 6.45) is 5.52. The summed E-state index contributed by atoms with van der Waals surface area (Å²) in [4.78, 5) is 36.7. The van der Waals surface area contributed by atoms with Crippen LogP contribution in [0.3, 0.4) is 0 Å². The van der Waals surface area contributed by atoms with Crippen LogP contribution in [-0.4, -0.2) is 51.1 Å². The van der Waals surface area contributed by atoms with E-state index >= 15 is 0 Å². The van der Waals surface area contributed by atoms with Crippen LogP contribution in [0.4, 0.5) is 0 Å². The Hall–Kier alpha value is -3.58. The van der Waals surface area contributed by atoms with Crippen molar-refractivity contribution in [3.8, 4) is 11.3 Å². The molecular weight excluding hydrogens is 416 g/mol. The van der Waals surface area contributed by atoms with Crippen LogP contribution in [-0.2, 0) is 11.8 Å². The second kappa shape index (κ2) is 8.75. The normalized spacial score (nSPS) is 16.4. The van der Waals surface area contributed by atoms with E-state index in [1.54, 1.807) is 24.0 Å². The number of hydrogen-bond donors (Lipinski definition) is 0. The first-order valence-electron chi connectivity index (χ1n) is 11.3. The zero-order chi connectivity index (χ0) is 22.9. The first-order chi connectivity index (χ1) is 16.0. The summed E-state index contributed by atoms with van der Waals surface area (Å²) >= 11 is 0. The number of benzene rings is 2. The Morgan fingerprint density at radius 2 is 2.03 bits per heavy atom. The average Bonchev–Trinajstić information content (AvgIpc) is 2.85. The van der Waals surface area contributed by atoms with Gasteiger partial charge in [0.2, 0.25) is 0 Å². The molecule has 4 aromatic rings. The maximum atomic E-state index is 13.1. The van der Waals surface area contributed by atoms with Crippen molar-refractivity contribution in [1.29, 1.82) is 0 Å². The Labute approximate surface area is 191 Å². The summed E-state index contributed by atoms with van der Waals surface area (Å²) in [5.41, 5.74) is 3.54. The molecular formula is C26H26N4O3. The molecule has 1 aliphatic heterocycles. The number of amides is 1. The highest BCUT2D eigenvalue weighted by molar-refractivity contribution is 5.97. The molecule has 1 saturated heterocycles. The van der Waals surface area contributed by atoms with Gasteiger partial charge >= 0.3 is 0 Å². The van der Waals surface area contributed by atoms with E-state index < -0.39 is 0 Å². The number of ether oxygens (including phenoxy) is 1. The molecule has 1 unspecified atom stereocenters. The second-order valence-electron chi connectivity index (χ2n) is 8.46. The number of aromatic nitrogens is 3. The summed E-state index contributed by atoms with van der Waals surface area (Å²) in [6.45, 7) is 4.00. The lowest BCUT2D eigenvalue weighted by Gasteiger charge is -2.32. The minimum atomic E-state index is -0.0314. The largest absolute Gasteiger partial charge is 0.377 e. The van der Waals surface area contributed by atoms with E-state index in [0.29, 0.717) is 35.3 Å². The highest BCUT2D eigenvalue weighted by atomic mass is 16.5. The van der Waals surface area contributed by atoms with Gasteiger partial charge in [-0.25, -0.2) is 4.98 Å². The van der Waals surface area contributed by atoms with E-state index in [2.05, 4.69) is 4.98 Å². The fraction of sp³-hybridized carbons (Fsp3) is 0.308. The fourth-order valence-electron chi connectivity index (χ4n) is 4.47. The van der Waals surface area contributed by atoms with Gasteiger partial charge in [0, 0.05) is 49.5 Å². The number of carbonyl (C=O) groups is 1. The van der Waals surface area contributed by atoms with E-state index in [4.69, 9.17) is 9.72 Å². The molecule has 1 atom stereocenters. The van der Waals surface area contributed by atoms with E-state index in [0.717, 1.165) is 35.9 Å². The molecule has 1 aliphatic rings. The lowest BCUT2D eigenvalue weighted by molar-refractivity contribution is 0.00725. The van der Waals surface area contributed by atoms with Crippen LogP contribution in [0.25, 0.3) is 33.1 Å². The average molecular weight is 443 g/mol. The van der Waals surface area contributed by atoms with Gasteiger partial charge in [-0.2, -0.15) is 0 Å². The van der Waals surface area contributed by atoms with E-state index in [9.17, 15) is 9.59 Å². The highest BCUT2D eigenvalue weighted by Crippen LogP contribution is 2.24. The molecule has 1 amide bonds. The molecule has 0 radical (unpaired) electrons. The topological polar surface area (TPSA) is 77.3 Å². The van der Waals surface area contributed by atoms with Crippen molar-refractivity contribution in [3.63, 3.8) is 0 Å². The second-order valence-corrected chi connectivity index (χ2v) is 8.46. The van der Waals surface area contributed by atoms with Gasteiger partial charge in [0.1, 0.15) is 0 Å². The molecule has 0 aliphatic carbocycles. The predicted molar refractivity (Wildman–Crippen MR) is 128 cm³/mol. The molecule has 3 heterocycles. The van der Waals surface area contributed by atoms with Crippen molar-refractivity contribution in [2.45, 2.75) is 25.9 Å². The van der Waals surface area contributed by atoms with Crippen LogP contribution >= 0.6 is 0 Å². The third kappa shape index (κ3) is 4.12. The third-order valence-electron chi connectivity index (χ3n) is 6.23. The van der Waals surface area contributed by atoms with Gasteiger partial charge in [0.25, 0.3) is 11.5 Å². The fourth-order valence-corrected chi connectivity index (χ4v) is 4.47. The predicted octanol–water partition coefficient (Wildman–Crippen LogP) is 3.79. The number of nitrogens with zero attached hydrogens (tertiary/aromatic N) is 4. The number of piperidine rings is 1. The Morgan fingerprint density at radius 3 is 2.88 bits per heavy atom. The minimum absolute atomic E-state index is 0.00458. The molecule has 168 valence electrons. The number of pyridine rings is 1. The summed E-state index contributed by atoms with van der Waals surface area (Å²) in [5, 5.41) is 1.52. The number of aryl methyl sites for hydroxylation is 1. The smallest absolute Gasteiger partial charge is 0.258 e. The van der Waals surface area contributed by atoms with Crippen LogP contribution in [0, 0.1) is 0 Å². The lowest BCUT2D eigenvalue weighted by atomic mass is 10.1. The summed E-state index contributed by atoms with van der Waals surface area (Å²) in [7, 11) is 1.74. The van der Waals surface area contributed by atoms with Gasteiger partial charge in [-0.3, -0.25) is 14.6 Å². The van der Waals surface area contributed by atoms with Gasteiger partial charge in [-0.05, 0) is 61.5 Å².